The number of nitrogens with two attached hydrogens (primary N) is 1. The second-order valence-corrected chi connectivity index (χ2v) is 5.16. The zero-order valence-electron chi connectivity index (χ0n) is 11.5. The molecule has 6 heteroatoms. The van der Waals surface area contributed by atoms with E-state index in [9.17, 15) is 0 Å². The summed E-state index contributed by atoms with van der Waals surface area (Å²) in [5.41, 5.74) is 6.87. The van der Waals surface area contributed by atoms with E-state index in [0.29, 0.717) is 11.8 Å². The van der Waals surface area contributed by atoms with Crippen LogP contribution in [0.25, 0.3) is 0 Å². The van der Waals surface area contributed by atoms with Crippen LogP contribution in [0.5, 0.6) is 0 Å². The summed E-state index contributed by atoms with van der Waals surface area (Å²) in [6, 6.07) is 10.3. The number of alkyl halides is 1. The Morgan fingerprint density at radius 3 is 2.50 bits per heavy atom. The maximum absolute atomic E-state index is 6.00. The Labute approximate surface area is 123 Å². The monoisotopic (exact) mass is 291 g/mol. The van der Waals surface area contributed by atoms with Gasteiger partial charge in [-0.25, -0.2) is 0 Å². The third kappa shape index (κ3) is 3.57. The summed E-state index contributed by atoms with van der Waals surface area (Å²) < 4.78 is 0. The van der Waals surface area contributed by atoms with E-state index in [1.165, 1.54) is 5.56 Å². The van der Waals surface area contributed by atoms with E-state index in [1.807, 2.05) is 18.2 Å². The van der Waals surface area contributed by atoms with Gasteiger partial charge >= 0.3 is 0 Å². The Morgan fingerprint density at radius 2 is 1.90 bits per heavy atom. The van der Waals surface area contributed by atoms with Gasteiger partial charge in [0.15, 0.2) is 5.82 Å². The number of aromatic nitrogens is 3. The quantitative estimate of drug-likeness (QED) is 0.826. The Hall–Kier alpha value is -1.88. The Kier molecular flexibility index (Phi) is 4.74. The van der Waals surface area contributed by atoms with Crippen molar-refractivity contribution in [3.05, 3.63) is 41.7 Å². The molecule has 2 atom stereocenters. The molecule has 0 aliphatic heterocycles. The minimum atomic E-state index is -0.308. The number of benzene rings is 1. The highest BCUT2D eigenvalue weighted by atomic mass is 35.5. The zero-order valence-corrected chi connectivity index (χ0v) is 12.3. The molecule has 0 spiro atoms. The lowest BCUT2D eigenvalue weighted by atomic mass is 10.1. The summed E-state index contributed by atoms with van der Waals surface area (Å²) in [5, 5.41) is 2.97. The fourth-order valence-corrected chi connectivity index (χ4v) is 2.01. The molecule has 2 aromatic rings. The van der Waals surface area contributed by atoms with Crippen LogP contribution in [-0.4, -0.2) is 15.0 Å². The summed E-state index contributed by atoms with van der Waals surface area (Å²) in [4.78, 5) is 12.4. The van der Waals surface area contributed by atoms with Gasteiger partial charge < -0.3 is 11.1 Å². The Balaban J connectivity index is 2.24. The topological polar surface area (TPSA) is 76.7 Å². The number of hydrogen-bond acceptors (Lipinski definition) is 5. The maximum atomic E-state index is 6.00. The smallest absolute Gasteiger partial charge is 0.228 e. The Morgan fingerprint density at radius 1 is 1.20 bits per heavy atom. The van der Waals surface area contributed by atoms with Crippen molar-refractivity contribution in [2.45, 2.75) is 31.7 Å². The van der Waals surface area contributed by atoms with Crippen molar-refractivity contribution >= 4 is 23.5 Å². The first-order valence-electron chi connectivity index (χ1n) is 6.57. The number of nitrogens with zero attached hydrogens (tertiary/aromatic N) is 3. The molecule has 1 aromatic carbocycles. The van der Waals surface area contributed by atoms with Crippen LogP contribution in [0, 0.1) is 0 Å². The molecular weight excluding hydrogens is 274 g/mol. The molecule has 0 amide bonds. The molecule has 1 aromatic heterocycles. The highest BCUT2D eigenvalue weighted by Gasteiger charge is 2.13. The molecule has 106 valence electrons. The molecule has 0 radical (unpaired) electrons. The summed E-state index contributed by atoms with van der Waals surface area (Å²) in [7, 11) is 0. The highest BCUT2D eigenvalue weighted by Crippen LogP contribution is 2.22. The normalized spacial score (nSPS) is 13.8. The molecule has 0 bridgehead atoms. The lowest BCUT2D eigenvalue weighted by Crippen LogP contribution is -2.14. The van der Waals surface area contributed by atoms with Crippen molar-refractivity contribution in [2.24, 2.45) is 0 Å². The lowest BCUT2D eigenvalue weighted by molar-refractivity contribution is 0.732. The lowest BCUT2D eigenvalue weighted by Gasteiger charge is -2.18. The molecule has 0 aliphatic rings. The summed E-state index contributed by atoms with van der Waals surface area (Å²) in [6.45, 7) is 3.90. The first-order valence-corrected chi connectivity index (χ1v) is 7.00. The molecule has 0 fully saturated rings. The summed E-state index contributed by atoms with van der Waals surface area (Å²) in [6.07, 6.45) is 0.904. The Bertz CT molecular complexity index is 559. The number of nitrogens with one attached hydrogen (secondary N) is 1. The molecule has 5 nitrogen and oxygen atoms in total. The van der Waals surface area contributed by atoms with Crippen molar-refractivity contribution < 1.29 is 0 Å². The molecule has 0 saturated carbocycles. The zero-order chi connectivity index (χ0) is 14.5. The first-order chi connectivity index (χ1) is 9.60. The SMILES string of the molecule is CC[C@H](Nc1nc(N)nc([C@@H](C)Cl)n1)c1ccccc1. The largest absolute Gasteiger partial charge is 0.368 e. The minimum absolute atomic E-state index is 0.122. The molecule has 2 rings (SSSR count). The van der Waals surface area contributed by atoms with E-state index < -0.39 is 0 Å². The third-order valence-corrected chi connectivity index (χ3v) is 3.13. The van der Waals surface area contributed by atoms with Crippen molar-refractivity contribution in [2.75, 3.05) is 11.1 Å². The average molecular weight is 292 g/mol. The first kappa shape index (κ1) is 14.5. The van der Waals surface area contributed by atoms with Gasteiger partial charge in [0.25, 0.3) is 0 Å². The number of rotatable bonds is 5. The fourth-order valence-electron chi connectivity index (χ4n) is 1.91. The van der Waals surface area contributed by atoms with Gasteiger partial charge in [0, 0.05) is 0 Å². The fraction of sp³-hybridized carbons (Fsp3) is 0.357. The van der Waals surface area contributed by atoms with Crippen LogP contribution in [0.1, 0.15) is 43.1 Å². The highest BCUT2D eigenvalue weighted by molar-refractivity contribution is 6.20. The van der Waals surface area contributed by atoms with E-state index in [4.69, 9.17) is 17.3 Å². The molecule has 1 heterocycles. The molecule has 0 unspecified atom stereocenters. The summed E-state index contributed by atoms with van der Waals surface area (Å²) >= 11 is 6.00. The number of anilines is 2. The van der Waals surface area contributed by atoms with Crippen LogP contribution in [0.3, 0.4) is 0 Å². The van der Waals surface area contributed by atoms with Crippen molar-refractivity contribution in [3.8, 4) is 0 Å². The van der Waals surface area contributed by atoms with Crippen molar-refractivity contribution in [3.63, 3.8) is 0 Å². The van der Waals surface area contributed by atoms with E-state index in [-0.39, 0.29) is 17.4 Å². The maximum Gasteiger partial charge on any atom is 0.228 e. The molecule has 0 aliphatic carbocycles. The van der Waals surface area contributed by atoms with Gasteiger partial charge in [0.2, 0.25) is 11.9 Å². The van der Waals surface area contributed by atoms with Gasteiger partial charge in [-0.2, -0.15) is 15.0 Å². The van der Waals surface area contributed by atoms with E-state index in [0.717, 1.165) is 6.42 Å². The molecule has 3 N–H and O–H groups in total. The second kappa shape index (κ2) is 6.52. The van der Waals surface area contributed by atoms with Crippen LogP contribution < -0.4 is 11.1 Å². The number of nitrogen functional groups attached to an aromatic ring is 1. The van der Waals surface area contributed by atoms with E-state index in [2.05, 4.69) is 39.3 Å². The van der Waals surface area contributed by atoms with Crippen molar-refractivity contribution in [1.82, 2.24) is 15.0 Å². The number of hydrogen-bond donors (Lipinski definition) is 2. The molecular formula is C14H18ClN5. The van der Waals surface area contributed by atoms with Gasteiger partial charge in [-0.3, -0.25) is 0 Å². The van der Waals surface area contributed by atoms with Gasteiger partial charge in [-0.15, -0.1) is 11.6 Å². The van der Waals surface area contributed by atoms with Gasteiger partial charge in [0.1, 0.15) is 0 Å². The second-order valence-electron chi connectivity index (χ2n) is 4.51. The van der Waals surface area contributed by atoms with Crippen LogP contribution in [0.2, 0.25) is 0 Å². The van der Waals surface area contributed by atoms with Gasteiger partial charge in [-0.1, -0.05) is 37.3 Å². The third-order valence-electron chi connectivity index (χ3n) is 2.94. The predicted octanol–water partition coefficient (Wildman–Crippen LogP) is 3.32. The van der Waals surface area contributed by atoms with Crippen LogP contribution in [-0.2, 0) is 0 Å². The standard InChI is InChI=1S/C14H18ClN5/c1-3-11(10-7-5-4-6-8-10)17-14-19-12(9(2)15)18-13(16)20-14/h4-9,11H,3H2,1-2H3,(H3,16,17,18,19,20)/t9-,11+/m1/s1. The molecule has 20 heavy (non-hydrogen) atoms. The van der Waals surface area contributed by atoms with Gasteiger partial charge in [-0.05, 0) is 18.9 Å². The van der Waals surface area contributed by atoms with Crippen LogP contribution >= 0.6 is 11.6 Å². The van der Waals surface area contributed by atoms with Crippen LogP contribution in [0.4, 0.5) is 11.9 Å². The predicted molar refractivity (Wildman–Crippen MR) is 81.6 cm³/mol. The van der Waals surface area contributed by atoms with E-state index >= 15 is 0 Å². The van der Waals surface area contributed by atoms with Crippen molar-refractivity contribution in [1.29, 1.82) is 0 Å². The average Bonchev–Trinajstić information content (AvgIpc) is 2.45. The van der Waals surface area contributed by atoms with E-state index in [1.54, 1.807) is 6.92 Å². The summed E-state index contributed by atoms with van der Waals surface area (Å²) in [5.74, 6) is 1.10. The van der Waals surface area contributed by atoms with Crippen LogP contribution in [0.15, 0.2) is 30.3 Å². The van der Waals surface area contributed by atoms with Gasteiger partial charge in [0.05, 0.1) is 11.4 Å². The molecule has 0 saturated heterocycles. The minimum Gasteiger partial charge on any atom is -0.368 e. The number of halogens is 1.